The van der Waals surface area contributed by atoms with Crippen LogP contribution in [0.2, 0.25) is 0 Å². The second kappa shape index (κ2) is 6.90. The lowest BCUT2D eigenvalue weighted by Gasteiger charge is -2.23. The predicted molar refractivity (Wildman–Crippen MR) is 93.7 cm³/mol. The van der Waals surface area contributed by atoms with Crippen LogP contribution in [0.1, 0.15) is 18.1 Å². The van der Waals surface area contributed by atoms with E-state index in [-0.39, 0.29) is 11.6 Å². The molecule has 27 heavy (non-hydrogen) atoms. The first-order chi connectivity index (χ1) is 12.7. The second-order valence-corrected chi connectivity index (χ2v) is 6.22. The van der Waals surface area contributed by atoms with E-state index in [9.17, 15) is 28.1 Å². The van der Waals surface area contributed by atoms with Crippen LogP contribution in [-0.2, 0) is 17.4 Å². The third-order valence-electron chi connectivity index (χ3n) is 4.42. The highest BCUT2D eigenvalue weighted by atomic mass is 19.4. The van der Waals surface area contributed by atoms with Crippen LogP contribution in [0.25, 0.3) is 0 Å². The maximum absolute atomic E-state index is 12.8. The number of hydrogen-bond donors (Lipinski definition) is 1. The summed E-state index contributed by atoms with van der Waals surface area (Å²) in [6, 6.07) is 8.75. The molecule has 1 heterocycles. The molecule has 142 valence electrons. The smallest absolute Gasteiger partial charge is 0.368 e. The second-order valence-electron chi connectivity index (χ2n) is 6.22. The van der Waals surface area contributed by atoms with Crippen molar-refractivity contribution < 1.29 is 22.9 Å². The van der Waals surface area contributed by atoms with Gasteiger partial charge in [0.25, 0.3) is 5.69 Å². The normalized spacial score (nSPS) is 14.6. The number of nitrogens with zero attached hydrogens (tertiary/aromatic N) is 2. The van der Waals surface area contributed by atoms with E-state index in [1.807, 2.05) is 24.3 Å². The molecule has 1 aliphatic heterocycles. The Balaban J connectivity index is 1.83. The van der Waals surface area contributed by atoms with Gasteiger partial charge in [-0.25, -0.2) is 0 Å². The number of benzene rings is 2. The minimum absolute atomic E-state index is 0.138. The number of nitro benzene ring substituents is 1. The van der Waals surface area contributed by atoms with Gasteiger partial charge in [0.1, 0.15) is 11.7 Å². The van der Waals surface area contributed by atoms with Gasteiger partial charge in [-0.3, -0.25) is 14.9 Å². The first kappa shape index (κ1) is 18.7. The maximum atomic E-state index is 12.8. The molecule has 0 saturated carbocycles. The highest BCUT2D eigenvalue weighted by Gasteiger charge is 2.34. The van der Waals surface area contributed by atoms with E-state index in [1.165, 1.54) is 6.92 Å². The van der Waals surface area contributed by atoms with Gasteiger partial charge in [-0.05, 0) is 37.1 Å². The van der Waals surface area contributed by atoms with Gasteiger partial charge in [-0.2, -0.15) is 13.2 Å². The molecule has 0 aromatic heterocycles. The lowest BCUT2D eigenvalue weighted by Crippen LogP contribution is -2.40. The summed E-state index contributed by atoms with van der Waals surface area (Å²) in [5.41, 5.74) is -0.184. The van der Waals surface area contributed by atoms with Crippen molar-refractivity contribution in [3.05, 3.63) is 63.7 Å². The third-order valence-corrected chi connectivity index (χ3v) is 4.42. The molecule has 1 amide bonds. The Kier molecular flexibility index (Phi) is 4.77. The van der Waals surface area contributed by atoms with Crippen molar-refractivity contribution in [3.63, 3.8) is 0 Å². The number of halogens is 3. The molecule has 1 aliphatic rings. The lowest BCUT2D eigenvalue weighted by atomic mass is 10.1. The molecule has 0 aliphatic carbocycles. The van der Waals surface area contributed by atoms with Crippen molar-refractivity contribution in [2.24, 2.45) is 0 Å². The van der Waals surface area contributed by atoms with Gasteiger partial charge in [0, 0.05) is 18.3 Å². The standard InChI is InChI=1S/C18H16F3N3O3/c1-11(17(25)23-9-8-12-4-2-3-5-15(12)23)22-14-7-6-13(18(19,20)21)10-16(14)24(26)27/h2-7,10-11,22H,8-9H2,1H3. The molecule has 0 spiro atoms. The Morgan fingerprint density at radius 1 is 1.26 bits per heavy atom. The van der Waals surface area contributed by atoms with Gasteiger partial charge < -0.3 is 10.2 Å². The van der Waals surface area contributed by atoms with Crippen molar-refractivity contribution in [3.8, 4) is 0 Å². The number of alkyl halides is 3. The van der Waals surface area contributed by atoms with Crippen LogP contribution in [-0.4, -0.2) is 23.4 Å². The summed E-state index contributed by atoms with van der Waals surface area (Å²) in [6.07, 6.45) is -3.99. The number of carbonyl (C=O) groups is 1. The number of rotatable bonds is 4. The number of hydrogen-bond acceptors (Lipinski definition) is 4. The Labute approximate surface area is 152 Å². The average Bonchev–Trinajstić information content (AvgIpc) is 3.04. The molecule has 0 radical (unpaired) electrons. The molecule has 3 rings (SSSR count). The van der Waals surface area contributed by atoms with Crippen LogP contribution < -0.4 is 10.2 Å². The minimum atomic E-state index is -4.69. The van der Waals surface area contributed by atoms with Crippen molar-refractivity contribution in [2.75, 3.05) is 16.8 Å². The summed E-state index contributed by atoms with van der Waals surface area (Å²) < 4.78 is 38.4. The highest BCUT2D eigenvalue weighted by Crippen LogP contribution is 2.35. The highest BCUT2D eigenvalue weighted by molar-refractivity contribution is 6.00. The Bertz CT molecular complexity index is 899. The van der Waals surface area contributed by atoms with E-state index in [4.69, 9.17) is 0 Å². The molecular formula is C18H16F3N3O3. The largest absolute Gasteiger partial charge is 0.416 e. The third kappa shape index (κ3) is 3.71. The molecule has 2 aromatic rings. The Hall–Kier alpha value is -3.10. The molecule has 0 bridgehead atoms. The van der Waals surface area contributed by atoms with Crippen LogP contribution in [0.15, 0.2) is 42.5 Å². The quantitative estimate of drug-likeness (QED) is 0.644. The number of anilines is 2. The van der Waals surface area contributed by atoms with E-state index < -0.39 is 28.4 Å². The number of nitrogens with one attached hydrogen (secondary N) is 1. The van der Waals surface area contributed by atoms with Gasteiger partial charge in [0.05, 0.1) is 10.5 Å². The molecular weight excluding hydrogens is 363 g/mol. The van der Waals surface area contributed by atoms with E-state index in [0.717, 1.165) is 23.4 Å². The van der Waals surface area contributed by atoms with E-state index in [1.54, 1.807) is 4.90 Å². The molecule has 1 N–H and O–H groups in total. The van der Waals surface area contributed by atoms with Crippen molar-refractivity contribution in [2.45, 2.75) is 25.6 Å². The topological polar surface area (TPSA) is 75.5 Å². The average molecular weight is 379 g/mol. The minimum Gasteiger partial charge on any atom is -0.368 e. The maximum Gasteiger partial charge on any atom is 0.416 e. The first-order valence-corrected chi connectivity index (χ1v) is 8.20. The van der Waals surface area contributed by atoms with Crippen molar-refractivity contribution in [1.82, 2.24) is 0 Å². The van der Waals surface area contributed by atoms with Crippen LogP contribution >= 0.6 is 0 Å². The van der Waals surface area contributed by atoms with Gasteiger partial charge in [0.15, 0.2) is 0 Å². The summed E-state index contributed by atoms with van der Waals surface area (Å²) in [7, 11) is 0. The SMILES string of the molecule is CC(Nc1ccc(C(F)(F)F)cc1[N+](=O)[O-])C(=O)N1CCc2ccccc21. The zero-order valence-corrected chi connectivity index (χ0v) is 14.3. The van der Waals surface area contributed by atoms with Crippen LogP contribution in [0.5, 0.6) is 0 Å². The fourth-order valence-electron chi connectivity index (χ4n) is 3.08. The number of nitro groups is 1. The number of amides is 1. The Morgan fingerprint density at radius 2 is 1.96 bits per heavy atom. The molecule has 1 atom stereocenters. The number of fused-ring (bicyclic) bond motifs is 1. The van der Waals surface area contributed by atoms with E-state index >= 15 is 0 Å². The molecule has 1 unspecified atom stereocenters. The summed E-state index contributed by atoms with van der Waals surface area (Å²) in [5, 5.41) is 13.9. The molecule has 0 fully saturated rings. The van der Waals surface area contributed by atoms with Crippen LogP contribution in [0, 0.1) is 10.1 Å². The summed E-state index contributed by atoms with van der Waals surface area (Å²) in [4.78, 5) is 24.6. The van der Waals surface area contributed by atoms with Gasteiger partial charge in [-0.1, -0.05) is 18.2 Å². The summed E-state index contributed by atoms with van der Waals surface area (Å²) in [5.74, 6) is -0.311. The van der Waals surface area contributed by atoms with Crippen LogP contribution in [0.4, 0.5) is 30.2 Å². The van der Waals surface area contributed by atoms with E-state index in [2.05, 4.69) is 5.32 Å². The number of carbonyl (C=O) groups excluding carboxylic acids is 1. The molecule has 9 heteroatoms. The van der Waals surface area contributed by atoms with Gasteiger partial charge in [-0.15, -0.1) is 0 Å². The van der Waals surface area contributed by atoms with Crippen LogP contribution in [0.3, 0.4) is 0 Å². The molecule has 0 saturated heterocycles. The monoisotopic (exact) mass is 379 g/mol. The van der Waals surface area contributed by atoms with Gasteiger partial charge >= 0.3 is 6.18 Å². The Morgan fingerprint density at radius 3 is 2.63 bits per heavy atom. The molecule has 2 aromatic carbocycles. The number of para-hydroxylation sites is 1. The predicted octanol–water partition coefficient (Wildman–Crippen LogP) is 4.00. The lowest BCUT2D eigenvalue weighted by molar-refractivity contribution is -0.384. The molecule has 6 nitrogen and oxygen atoms in total. The summed E-state index contributed by atoms with van der Waals surface area (Å²) >= 11 is 0. The zero-order valence-electron chi connectivity index (χ0n) is 14.3. The van der Waals surface area contributed by atoms with Gasteiger partial charge in [0.2, 0.25) is 5.91 Å². The zero-order chi connectivity index (χ0) is 19.8. The summed E-state index contributed by atoms with van der Waals surface area (Å²) in [6.45, 7) is 2.00. The van der Waals surface area contributed by atoms with E-state index in [0.29, 0.717) is 19.0 Å². The fraction of sp³-hybridized carbons (Fsp3) is 0.278. The first-order valence-electron chi connectivity index (χ1n) is 8.20. The van der Waals surface area contributed by atoms with Crippen molar-refractivity contribution >= 4 is 23.0 Å². The fourth-order valence-corrected chi connectivity index (χ4v) is 3.08. The van der Waals surface area contributed by atoms with Crippen molar-refractivity contribution in [1.29, 1.82) is 0 Å².